The van der Waals surface area contributed by atoms with E-state index < -0.39 is 0 Å². The van der Waals surface area contributed by atoms with E-state index >= 15 is 0 Å². The van der Waals surface area contributed by atoms with Crippen LogP contribution in [0.2, 0.25) is 0 Å². The maximum Gasteiger partial charge on any atom is 0.218 e. The molecule has 84 valence electrons. The van der Waals surface area contributed by atoms with Crippen molar-refractivity contribution in [2.45, 2.75) is 39.3 Å². The van der Waals surface area contributed by atoms with Crippen LogP contribution in [0.5, 0.6) is 0 Å². The lowest BCUT2D eigenvalue weighted by Gasteiger charge is -2.17. The molecule has 0 fully saturated rings. The Kier molecular flexibility index (Phi) is 3.91. The second-order valence-electron chi connectivity index (χ2n) is 3.93. The predicted octanol–water partition coefficient (Wildman–Crippen LogP) is 1.50. The van der Waals surface area contributed by atoms with Crippen LogP contribution in [0.15, 0.2) is 16.7 Å². The summed E-state index contributed by atoms with van der Waals surface area (Å²) < 4.78 is 5.35. The van der Waals surface area contributed by atoms with E-state index in [1.165, 1.54) is 0 Å². The summed E-state index contributed by atoms with van der Waals surface area (Å²) in [7, 11) is 0. The molecular formula is C11H18N2O2. The van der Waals surface area contributed by atoms with E-state index in [-0.39, 0.29) is 18.0 Å². The molecule has 0 spiro atoms. The van der Waals surface area contributed by atoms with Crippen molar-refractivity contribution in [3.63, 3.8) is 0 Å². The number of hydrogen-bond acceptors (Lipinski definition) is 3. The summed E-state index contributed by atoms with van der Waals surface area (Å²) in [6.45, 7) is 5.93. The number of aryl methyl sites for hydroxylation is 1. The molecule has 1 heterocycles. The van der Waals surface area contributed by atoms with Gasteiger partial charge in [0.25, 0.3) is 0 Å². The summed E-state index contributed by atoms with van der Waals surface area (Å²) in [5.74, 6) is 0.615. The highest BCUT2D eigenvalue weighted by atomic mass is 16.3. The first-order valence-electron chi connectivity index (χ1n) is 5.09. The molecule has 0 aromatic carbocycles. The summed E-state index contributed by atoms with van der Waals surface area (Å²) in [4.78, 5) is 10.7. The van der Waals surface area contributed by atoms with Gasteiger partial charge in [0.1, 0.15) is 5.76 Å². The zero-order valence-electron chi connectivity index (χ0n) is 9.41. The summed E-state index contributed by atoms with van der Waals surface area (Å²) in [6, 6.07) is 2.07. The summed E-state index contributed by atoms with van der Waals surface area (Å²) in [6.07, 6.45) is 2.01. The van der Waals surface area contributed by atoms with Crippen molar-refractivity contribution in [3.05, 3.63) is 23.7 Å². The SMILES string of the molecule is Cc1ccoc1C(C)NC(C)CC(N)=O. The molecule has 0 saturated carbocycles. The lowest BCUT2D eigenvalue weighted by molar-refractivity contribution is -0.118. The number of amides is 1. The van der Waals surface area contributed by atoms with E-state index in [1.807, 2.05) is 26.8 Å². The second-order valence-corrected chi connectivity index (χ2v) is 3.93. The van der Waals surface area contributed by atoms with Gasteiger partial charge in [0.05, 0.1) is 12.3 Å². The normalized spacial score (nSPS) is 14.9. The van der Waals surface area contributed by atoms with Gasteiger partial charge in [-0.3, -0.25) is 4.79 Å². The quantitative estimate of drug-likeness (QED) is 0.774. The fraction of sp³-hybridized carbons (Fsp3) is 0.545. The van der Waals surface area contributed by atoms with Crippen LogP contribution in [-0.4, -0.2) is 11.9 Å². The molecule has 0 aliphatic rings. The van der Waals surface area contributed by atoms with Crippen LogP contribution in [0.4, 0.5) is 0 Å². The molecule has 1 amide bonds. The predicted molar refractivity (Wildman–Crippen MR) is 58.3 cm³/mol. The van der Waals surface area contributed by atoms with Crippen molar-refractivity contribution >= 4 is 5.91 Å². The topological polar surface area (TPSA) is 68.3 Å². The van der Waals surface area contributed by atoms with E-state index in [2.05, 4.69) is 5.32 Å². The third-order valence-corrected chi connectivity index (χ3v) is 2.34. The molecule has 1 aromatic rings. The number of carbonyl (C=O) groups excluding carboxylic acids is 1. The van der Waals surface area contributed by atoms with Crippen LogP contribution >= 0.6 is 0 Å². The highest BCUT2D eigenvalue weighted by Crippen LogP contribution is 2.18. The molecule has 3 N–H and O–H groups in total. The van der Waals surface area contributed by atoms with Gasteiger partial charge in [-0.15, -0.1) is 0 Å². The van der Waals surface area contributed by atoms with E-state index in [0.29, 0.717) is 6.42 Å². The summed E-state index contributed by atoms with van der Waals surface area (Å²) in [5, 5.41) is 3.26. The van der Waals surface area contributed by atoms with Gasteiger partial charge in [-0.25, -0.2) is 0 Å². The molecule has 0 aliphatic carbocycles. The first-order valence-corrected chi connectivity index (χ1v) is 5.09. The van der Waals surface area contributed by atoms with Crippen molar-refractivity contribution in [1.29, 1.82) is 0 Å². The summed E-state index contributed by atoms with van der Waals surface area (Å²) in [5.41, 5.74) is 6.23. The lowest BCUT2D eigenvalue weighted by Crippen LogP contribution is -2.32. The maximum absolute atomic E-state index is 10.7. The Morgan fingerprint density at radius 2 is 2.27 bits per heavy atom. The average Bonchev–Trinajstić information content (AvgIpc) is 2.49. The van der Waals surface area contributed by atoms with Gasteiger partial charge in [0, 0.05) is 12.5 Å². The number of hydrogen-bond donors (Lipinski definition) is 2. The second kappa shape index (κ2) is 4.98. The Bertz CT molecular complexity index is 333. The third kappa shape index (κ3) is 3.40. The molecule has 1 aromatic heterocycles. The van der Waals surface area contributed by atoms with E-state index in [1.54, 1.807) is 6.26 Å². The largest absolute Gasteiger partial charge is 0.467 e. The van der Waals surface area contributed by atoms with Crippen LogP contribution in [0.1, 0.15) is 37.6 Å². The first kappa shape index (κ1) is 11.8. The van der Waals surface area contributed by atoms with Gasteiger partial charge in [-0.05, 0) is 32.4 Å². The molecule has 15 heavy (non-hydrogen) atoms. The van der Waals surface area contributed by atoms with Crippen LogP contribution in [0.3, 0.4) is 0 Å². The van der Waals surface area contributed by atoms with Crippen molar-refractivity contribution < 1.29 is 9.21 Å². The van der Waals surface area contributed by atoms with Crippen LogP contribution in [0, 0.1) is 6.92 Å². The van der Waals surface area contributed by atoms with Gasteiger partial charge in [0.15, 0.2) is 0 Å². The number of nitrogens with one attached hydrogen (secondary N) is 1. The molecule has 0 radical (unpaired) electrons. The molecule has 1 rings (SSSR count). The molecule has 0 aliphatic heterocycles. The van der Waals surface area contributed by atoms with E-state index in [0.717, 1.165) is 11.3 Å². The van der Waals surface area contributed by atoms with E-state index in [4.69, 9.17) is 10.2 Å². The number of primary amides is 1. The maximum atomic E-state index is 10.7. The lowest BCUT2D eigenvalue weighted by atomic mass is 10.1. The van der Waals surface area contributed by atoms with Crippen molar-refractivity contribution in [2.24, 2.45) is 5.73 Å². The first-order chi connectivity index (χ1) is 7.00. The minimum absolute atomic E-state index is 0.0574. The minimum atomic E-state index is -0.293. The number of rotatable bonds is 5. The molecule has 2 atom stereocenters. The number of carbonyl (C=O) groups is 1. The van der Waals surface area contributed by atoms with Gasteiger partial charge in [-0.2, -0.15) is 0 Å². The smallest absolute Gasteiger partial charge is 0.218 e. The van der Waals surface area contributed by atoms with E-state index in [9.17, 15) is 4.79 Å². The van der Waals surface area contributed by atoms with Crippen molar-refractivity contribution in [1.82, 2.24) is 5.32 Å². The highest BCUT2D eigenvalue weighted by molar-refractivity contribution is 5.74. The van der Waals surface area contributed by atoms with Gasteiger partial charge >= 0.3 is 0 Å². The number of furan rings is 1. The van der Waals surface area contributed by atoms with Crippen LogP contribution in [0.25, 0.3) is 0 Å². The Balaban J connectivity index is 2.52. The van der Waals surface area contributed by atoms with Crippen molar-refractivity contribution in [2.75, 3.05) is 0 Å². The fourth-order valence-electron chi connectivity index (χ4n) is 1.69. The zero-order chi connectivity index (χ0) is 11.4. The molecular weight excluding hydrogens is 192 g/mol. The van der Waals surface area contributed by atoms with Crippen LogP contribution in [-0.2, 0) is 4.79 Å². The fourth-order valence-corrected chi connectivity index (χ4v) is 1.69. The number of nitrogens with two attached hydrogens (primary N) is 1. The average molecular weight is 210 g/mol. The molecule has 0 bridgehead atoms. The zero-order valence-corrected chi connectivity index (χ0v) is 9.41. The highest BCUT2D eigenvalue weighted by Gasteiger charge is 2.15. The standard InChI is InChI=1S/C11H18N2O2/c1-7-4-5-15-11(7)9(3)13-8(2)6-10(12)14/h4-5,8-9,13H,6H2,1-3H3,(H2,12,14). The molecule has 4 heteroatoms. The Hall–Kier alpha value is -1.29. The Morgan fingerprint density at radius 3 is 2.73 bits per heavy atom. The van der Waals surface area contributed by atoms with Gasteiger partial charge in [-0.1, -0.05) is 0 Å². The monoisotopic (exact) mass is 210 g/mol. The van der Waals surface area contributed by atoms with Gasteiger partial charge in [0.2, 0.25) is 5.91 Å². The summed E-state index contributed by atoms with van der Waals surface area (Å²) >= 11 is 0. The Labute approximate surface area is 89.8 Å². The molecule has 2 unspecified atom stereocenters. The minimum Gasteiger partial charge on any atom is -0.467 e. The Morgan fingerprint density at radius 1 is 1.60 bits per heavy atom. The molecule has 4 nitrogen and oxygen atoms in total. The van der Waals surface area contributed by atoms with Crippen LogP contribution < -0.4 is 11.1 Å². The van der Waals surface area contributed by atoms with Gasteiger partial charge < -0.3 is 15.5 Å². The molecule has 0 saturated heterocycles. The third-order valence-electron chi connectivity index (χ3n) is 2.34. The van der Waals surface area contributed by atoms with Crippen molar-refractivity contribution in [3.8, 4) is 0 Å².